The van der Waals surface area contributed by atoms with Gasteiger partial charge in [0.25, 0.3) is 0 Å². The molecule has 0 saturated carbocycles. The predicted octanol–water partition coefficient (Wildman–Crippen LogP) is 6.05. The maximum Gasteiger partial charge on any atom is 0.248 e. The van der Waals surface area contributed by atoms with Gasteiger partial charge in [0.2, 0.25) is 11.8 Å². The van der Waals surface area contributed by atoms with Gasteiger partial charge in [-0.05, 0) is 55.3 Å². The summed E-state index contributed by atoms with van der Waals surface area (Å²) in [5.74, 6) is -0.103. The fourth-order valence-electron chi connectivity index (χ4n) is 7.47. The first-order valence-electron chi connectivity index (χ1n) is 15.5. The Balaban J connectivity index is 1.35. The molecule has 2 aliphatic heterocycles. The van der Waals surface area contributed by atoms with E-state index in [2.05, 4.69) is 22.4 Å². The number of benzene rings is 5. The van der Waals surface area contributed by atoms with Crippen LogP contribution >= 0.6 is 0 Å². The highest BCUT2D eigenvalue weighted by molar-refractivity contribution is 6.20. The van der Waals surface area contributed by atoms with E-state index >= 15 is 4.79 Å². The van der Waals surface area contributed by atoms with E-state index in [-0.39, 0.29) is 23.9 Å². The van der Waals surface area contributed by atoms with Gasteiger partial charge in [-0.3, -0.25) is 4.79 Å². The van der Waals surface area contributed by atoms with Gasteiger partial charge < -0.3 is 15.4 Å². The van der Waals surface area contributed by atoms with Gasteiger partial charge in [0.15, 0.2) is 0 Å². The Morgan fingerprint density at radius 2 is 1.54 bits per heavy atom. The molecule has 2 aromatic heterocycles. The zero-order valence-corrected chi connectivity index (χ0v) is 26.0. The molecular formula is C38H26N8O2. The Labute approximate surface area is 274 Å². The second kappa shape index (κ2) is 9.95. The fraction of sp³-hybridized carbons (Fsp3) is 0.105. The van der Waals surface area contributed by atoms with Crippen molar-refractivity contribution in [1.29, 1.82) is 5.26 Å². The minimum absolute atomic E-state index is 0.00225. The van der Waals surface area contributed by atoms with Crippen molar-refractivity contribution < 1.29 is 9.53 Å². The second-order valence-corrected chi connectivity index (χ2v) is 12.3. The van der Waals surface area contributed by atoms with Gasteiger partial charge in [-0.1, -0.05) is 65.9 Å². The molecule has 10 heteroatoms. The van der Waals surface area contributed by atoms with E-state index in [0.29, 0.717) is 55.7 Å². The van der Waals surface area contributed by atoms with Crippen molar-refractivity contribution in [1.82, 2.24) is 25.0 Å². The monoisotopic (exact) mass is 626 g/mol. The lowest BCUT2D eigenvalue weighted by molar-refractivity contribution is -0.121. The first-order chi connectivity index (χ1) is 23.4. The molecule has 1 amide bonds. The maximum absolute atomic E-state index is 15.5. The van der Waals surface area contributed by atoms with Gasteiger partial charge in [-0.25, -0.2) is 14.6 Å². The molecule has 0 bridgehead atoms. The number of nitriles is 1. The fourth-order valence-corrected chi connectivity index (χ4v) is 7.47. The first-order valence-corrected chi connectivity index (χ1v) is 15.5. The van der Waals surface area contributed by atoms with Crippen LogP contribution in [0.25, 0.3) is 38.5 Å². The molecule has 1 unspecified atom stereocenters. The van der Waals surface area contributed by atoms with Crippen LogP contribution in [0.1, 0.15) is 27.9 Å². The maximum atomic E-state index is 15.5. The number of hydrogen-bond donors (Lipinski definition) is 1. The van der Waals surface area contributed by atoms with Crippen molar-refractivity contribution in [2.24, 2.45) is 5.73 Å². The molecule has 0 aliphatic carbocycles. The summed E-state index contributed by atoms with van der Waals surface area (Å²) in [4.78, 5) is 27.3. The molecule has 0 fully saturated rings. The van der Waals surface area contributed by atoms with Crippen LogP contribution in [0.15, 0.2) is 109 Å². The van der Waals surface area contributed by atoms with Crippen molar-refractivity contribution in [2.75, 3.05) is 4.90 Å². The van der Waals surface area contributed by atoms with Gasteiger partial charge in [0.1, 0.15) is 22.8 Å². The van der Waals surface area contributed by atoms with Crippen molar-refractivity contribution >= 4 is 44.4 Å². The standard InChI is InChI=1S/C38H26N8O2/c1-21-15-22(2)17-23(16-21)46-24(19-41-44-46)20-45-31-14-8-5-11-27(31)38(37(45)47)28(18-39)36(40)48-35-26-10-4-3-9-25(26)33-34(32(35)38)43-30-13-7-6-12-29(30)42-33/h3-17,19H,20,40H2,1-2H3. The van der Waals surface area contributed by atoms with Crippen LogP contribution in [-0.2, 0) is 16.8 Å². The minimum atomic E-state index is -1.67. The number of aromatic nitrogens is 5. The van der Waals surface area contributed by atoms with Crippen LogP contribution in [0.2, 0.25) is 0 Å². The molecule has 0 saturated heterocycles. The van der Waals surface area contributed by atoms with Crippen LogP contribution in [0.3, 0.4) is 0 Å². The Bertz CT molecular complexity index is 2600. The number of rotatable bonds is 3. The van der Waals surface area contributed by atoms with E-state index in [0.717, 1.165) is 22.2 Å². The molecule has 5 aromatic carbocycles. The molecule has 7 aromatic rings. The zero-order valence-electron chi connectivity index (χ0n) is 26.0. The molecule has 2 aliphatic rings. The number of aryl methyl sites for hydroxylation is 2. The smallest absolute Gasteiger partial charge is 0.248 e. The lowest BCUT2D eigenvalue weighted by atomic mass is 9.67. The number of fused-ring (bicyclic) bond motifs is 10. The van der Waals surface area contributed by atoms with E-state index in [4.69, 9.17) is 20.4 Å². The summed E-state index contributed by atoms with van der Waals surface area (Å²) in [5, 5.41) is 20.9. The number of carbonyl (C=O) groups is 1. The molecule has 2 N–H and O–H groups in total. The van der Waals surface area contributed by atoms with Gasteiger partial charge in [0.05, 0.1) is 46.2 Å². The van der Waals surface area contributed by atoms with E-state index in [9.17, 15) is 5.26 Å². The summed E-state index contributed by atoms with van der Waals surface area (Å²) in [6.07, 6.45) is 1.66. The number of nitrogens with zero attached hydrogens (tertiary/aromatic N) is 7. The van der Waals surface area contributed by atoms with Gasteiger partial charge in [-0.2, -0.15) is 5.26 Å². The largest absolute Gasteiger partial charge is 0.439 e. The molecule has 10 nitrogen and oxygen atoms in total. The van der Waals surface area contributed by atoms with E-state index in [1.807, 2.05) is 98.8 Å². The Kier molecular flexibility index (Phi) is 5.74. The molecule has 1 spiro atoms. The number of hydrogen-bond acceptors (Lipinski definition) is 8. The second-order valence-electron chi connectivity index (χ2n) is 12.3. The summed E-state index contributed by atoms with van der Waals surface area (Å²) in [6, 6.07) is 31.2. The molecular weight excluding hydrogens is 600 g/mol. The SMILES string of the molecule is Cc1cc(C)cc(-n2nncc2CN2C(=O)C3(C(C#N)=C(N)Oc4c3c3nc5ccccc5nc3c3ccccc43)c3ccccc32)c1. The normalized spacial score (nSPS) is 16.9. The van der Waals surface area contributed by atoms with Crippen molar-refractivity contribution in [3.63, 3.8) is 0 Å². The Hall–Kier alpha value is -6.60. The lowest BCUT2D eigenvalue weighted by Gasteiger charge is -2.35. The van der Waals surface area contributed by atoms with Crippen LogP contribution in [0.5, 0.6) is 5.75 Å². The number of ether oxygens (including phenoxy) is 1. The third kappa shape index (κ3) is 3.64. The third-order valence-electron chi connectivity index (χ3n) is 9.34. The number of carbonyl (C=O) groups excluding carboxylic acids is 1. The van der Waals surface area contributed by atoms with Gasteiger partial charge in [-0.15, -0.1) is 5.10 Å². The molecule has 9 rings (SSSR count). The first kappa shape index (κ1) is 27.7. The Morgan fingerprint density at radius 3 is 2.29 bits per heavy atom. The molecule has 4 heterocycles. The van der Waals surface area contributed by atoms with Crippen LogP contribution in [0.4, 0.5) is 5.69 Å². The van der Waals surface area contributed by atoms with Crippen molar-refractivity contribution in [3.8, 4) is 17.5 Å². The summed E-state index contributed by atoms with van der Waals surface area (Å²) >= 11 is 0. The lowest BCUT2D eigenvalue weighted by Crippen LogP contribution is -2.46. The predicted molar refractivity (Wildman–Crippen MR) is 181 cm³/mol. The van der Waals surface area contributed by atoms with Crippen LogP contribution < -0.4 is 15.4 Å². The molecule has 0 radical (unpaired) electrons. The third-order valence-corrected chi connectivity index (χ3v) is 9.34. The van der Waals surface area contributed by atoms with Crippen molar-refractivity contribution in [3.05, 3.63) is 137 Å². The van der Waals surface area contributed by atoms with E-state index in [1.165, 1.54) is 0 Å². The Morgan fingerprint density at radius 1 is 0.875 bits per heavy atom. The summed E-state index contributed by atoms with van der Waals surface area (Å²) < 4.78 is 8.08. The van der Waals surface area contributed by atoms with Crippen LogP contribution in [0, 0.1) is 25.2 Å². The van der Waals surface area contributed by atoms with Crippen LogP contribution in [-0.4, -0.2) is 30.9 Å². The average molecular weight is 627 g/mol. The minimum Gasteiger partial charge on any atom is -0.439 e. The number of anilines is 1. The highest BCUT2D eigenvalue weighted by Gasteiger charge is 2.60. The average Bonchev–Trinajstić information content (AvgIpc) is 3.65. The van der Waals surface area contributed by atoms with Gasteiger partial charge in [0, 0.05) is 27.6 Å². The summed E-state index contributed by atoms with van der Waals surface area (Å²) in [6.45, 7) is 4.19. The summed E-state index contributed by atoms with van der Waals surface area (Å²) in [7, 11) is 0. The molecule has 230 valence electrons. The highest BCUT2D eigenvalue weighted by atomic mass is 16.5. The van der Waals surface area contributed by atoms with E-state index in [1.54, 1.807) is 15.8 Å². The van der Waals surface area contributed by atoms with Crippen molar-refractivity contribution in [2.45, 2.75) is 25.8 Å². The zero-order chi connectivity index (χ0) is 32.7. The summed E-state index contributed by atoms with van der Waals surface area (Å²) in [5.41, 5.74) is 12.8. The topological polar surface area (TPSA) is 136 Å². The number of amides is 1. The molecule has 1 atom stereocenters. The quantitative estimate of drug-likeness (QED) is 0.185. The molecule has 48 heavy (non-hydrogen) atoms. The number of nitrogens with two attached hydrogens (primary N) is 1. The van der Waals surface area contributed by atoms with E-state index < -0.39 is 5.41 Å². The number of para-hydroxylation sites is 3. The van der Waals surface area contributed by atoms with Gasteiger partial charge >= 0.3 is 0 Å². The highest BCUT2D eigenvalue weighted by Crippen LogP contribution is 2.58.